The number of unbranched alkanes of at least 4 members (excludes halogenated alkanes) is 31. The Labute approximate surface area is 433 Å². The van der Waals surface area contributed by atoms with Crippen molar-refractivity contribution in [2.45, 2.75) is 283 Å². The zero-order valence-electron chi connectivity index (χ0n) is 46.7. The number of rotatable bonds is 53. The van der Waals surface area contributed by atoms with Crippen LogP contribution >= 0.6 is 7.82 Å². The van der Waals surface area contributed by atoms with Crippen LogP contribution in [0.4, 0.5) is 0 Å². The molecule has 1 amide bonds. The highest BCUT2D eigenvalue weighted by Gasteiger charge is 2.27. The number of hydrogen-bond acceptors (Lipinski definition) is 7. The molecule has 0 saturated carbocycles. The Kier molecular flexibility index (Phi) is 49.0. The predicted octanol–water partition coefficient (Wildman–Crippen LogP) is 17.1. The van der Waals surface area contributed by atoms with Crippen LogP contribution in [0, 0.1) is 0 Å². The van der Waals surface area contributed by atoms with Crippen LogP contribution in [0.3, 0.4) is 0 Å². The summed E-state index contributed by atoms with van der Waals surface area (Å²) < 4.78 is 30.2. The predicted molar refractivity (Wildman–Crippen MR) is 298 cm³/mol. The van der Waals surface area contributed by atoms with Crippen molar-refractivity contribution in [3.63, 3.8) is 0 Å². The van der Waals surface area contributed by atoms with Gasteiger partial charge in [-0.1, -0.05) is 237 Å². The third-order valence-corrected chi connectivity index (χ3v) is 14.0. The molecule has 0 saturated heterocycles. The Morgan fingerprint density at radius 3 is 1.33 bits per heavy atom. The van der Waals surface area contributed by atoms with E-state index in [1.165, 1.54) is 154 Å². The zero-order chi connectivity index (χ0) is 51.5. The van der Waals surface area contributed by atoms with Crippen LogP contribution in [0.1, 0.15) is 271 Å². The second-order valence-electron chi connectivity index (χ2n) is 21.2. The van der Waals surface area contributed by atoms with Gasteiger partial charge in [-0.25, -0.2) is 0 Å². The lowest BCUT2D eigenvalue weighted by Gasteiger charge is -2.30. The minimum absolute atomic E-state index is 0.0251. The van der Waals surface area contributed by atoms with Gasteiger partial charge in [0.2, 0.25) is 5.91 Å². The monoisotopic (exact) mass is 1000 g/mol. The molecule has 70 heavy (non-hydrogen) atoms. The number of esters is 1. The van der Waals surface area contributed by atoms with E-state index in [0.717, 1.165) is 77.0 Å². The SMILES string of the molecule is CCCCC/C=C\C/C=C\C/C=C\CCCCCCC(=O)OC(/C=C/CCCCCCCCCCCC)C(COP(=O)([O-])OCC[N+](C)(C)C)NC(=O)CCCCCCCCCCCCCCCCC. The quantitative estimate of drug-likeness (QED) is 0.0212. The standard InChI is InChI=1S/C60H113N2O7P/c1-7-10-13-16-19-22-25-28-30-31-33-35-38-41-44-47-50-53-60(64)69-58(51-48-45-42-39-36-27-24-21-18-15-12-9-3)57(56-68-70(65,66)67-55-54-62(4,5)6)61-59(63)52-49-46-43-40-37-34-32-29-26-23-20-17-14-11-8-2/h19,22,28,30,33,35,48,51,57-58H,7-18,20-21,23-27,29,31-32,34,36-47,49-50,52-56H2,1-6H3,(H-,61,63,65,66)/b22-19-,30-28-,35-33-,51-48+. The first kappa shape index (κ1) is 68.0. The average Bonchev–Trinajstić information content (AvgIpc) is 3.32. The van der Waals surface area contributed by atoms with Gasteiger partial charge in [-0.15, -0.1) is 0 Å². The molecule has 0 aromatic rings. The molecule has 0 aromatic carbocycles. The Morgan fingerprint density at radius 1 is 0.500 bits per heavy atom. The van der Waals surface area contributed by atoms with Crippen LogP contribution in [0.5, 0.6) is 0 Å². The molecule has 3 unspecified atom stereocenters. The molecule has 10 heteroatoms. The summed E-state index contributed by atoms with van der Waals surface area (Å²) in [5.41, 5.74) is 0. The molecule has 0 bridgehead atoms. The van der Waals surface area contributed by atoms with E-state index >= 15 is 0 Å². The van der Waals surface area contributed by atoms with E-state index in [9.17, 15) is 19.0 Å². The lowest BCUT2D eigenvalue weighted by molar-refractivity contribution is -0.870. The molecule has 0 aliphatic rings. The fourth-order valence-corrected chi connectivity index (χ4v) is 9.13. The Morgan fingerprint density at radius 2 is 0.871 bits per heavy atom. The number of phosphoric ester groups is 1. The molecule has 0 heterocycles. The van der Waals surface area contributed by atoms with Gasteiger partial charge < -0.3 is 28.5 Å². The van der Waals surface area contributed by atoms with Crippen LogP contribution in [0.2, 0.25) is 0 Å². The van der Waals surface area contributed by atoms with E-state index < -0.39 is 26.6 Å². The van der Waals surface area contributed by atoms with E-state index in [-0.39, 0.29) is 24.9 Å². The third-order valence-electron chi connectivity index (χ3n) is 13.0. The van der Waals surface area contributed by atoms with Gasteiger partial charge in [-0.05, 0) is 70.3 Å². The number of carbonyl (C=O) groups is 2. The topological polar surface area (TPSA) is 114 Å². The number of allylic oxidation sites excluding steroid dienone is 7. The van der Waals surface area contributed by atoms with E-state index in [1.807, 2.05) is 33.3 Å². The van der Waals surface area contributed by atoms with Crippen LogP contribution in [0.25, 0.3) is 0 Å². The average molecular weight is 1010 g/mol. The number of quaternary nitrogens is 1. The van der Waals surface area contributed by atoms with Gasteiger partial charge in [0, 0.05) is 12.8 Å². The summed E-state index contributed by atoms with van der Waals surface area (Å²) in [6, 6.07) is -0.894. The fraction of sp³-hybridized carbons (Fsp3) is 0.833. The first-order valence-corrected chi connectivity index (χ1v) is 30.9. The Bertz CT molecular complexity index is 1340. The first-order chi connectivity index (χ1) is 33.9. The highest BCUT2D eigenvalue weighted by atomic mass is 31.2. The number of ether oxygens (including phenoxy) is 1. The Balaban J connectivity index is 5.36. The summed E-state index contributed by atoms with van der Waals surface area (Å²) >= 11 is 0. The maximum Gasteiger partial charge on any atom is 0.306 e. The summed E-state index contributed by atoms with van der Waals surface area (Å²) in [5.74, 6) is -0.559. The second kappa shape index (κ2) is 50.5. The first-order valence-electron chi connectivity index (χ1n) is 29.4. The van der Waals surface area contributed by atoms with Crippen molar-refractivity contribution in [1.29, 1.82) is 0 Å². The molecular formula is C60H113N2O7P. The molecule has 0 spiro atoms. The molecule has 9 nitrogen and oxygen atoms in total. The Hall–Kier alpha value is -2.03. The van der Waals surface area contributed by atoms with Gasteiger partial charge in [0.1, 0.15) is 19.3 Å². The fourth-order valence-electron chi connectivity index (χ4n) is 8.41. The molecule has 410 valence electrons. The molecule has 0 radical (unpaired) electrons. The third kappa shape index (κ3) is 50.9. The van der Waals surface area contributed by atoms with Gasteiger partial charge >= 0.3 is 5.97 Å². The minimum Gasteiger partial charge on any atom is -0.756 e. The van der Waals surface area contributed by atoms with Crippen LogP contribution in [-0.4, -0.2) is 69.4 Å². The van der Waals surface area contributed by atoms with Gasteiger partial charge in [0.15, 0.2) is 0 Å². The molecule has 1 N–H and O–H groups in total. The van der Waals surface area contributed by atoms with Crippen molar-refractivity contribution in [2.24, 2.45) is 0 Å². The van der Waals surface area contributed by atoms with E-state index in [2.05, 4.69) is 62.5 Å². The number of nitrogens with zero attached hydrogens (tertiary/aromatic N) is 1. The molecule has 0 aromatic heterocycles. The highest BCUT2D eigenvalue weighted by molar-refractivity contribution is 7.45. The van der Waals surface area contributed by atoms with Gasteiger partial charge in [-0.2, -0.15) is 0 Å². The summed E-state index contributed by atoms with van der Waals surface area (Å²) in [4.78, 5) is 39.9. The van der Waals surface area contributed by atoms with Crippen molar-refractivity contribution in [3.05, 3.63) is 48.6 Å². The summed E-state index contributed by atoms with van der Waals surface area (Å²) in [5, 5.41) is 3.02. The van der Waals surface area contributed by atoms with Gasteiger partial charge in [-0.3, -0.25) is 14.2 Å². The minimum atomic E-state index is -4.70. The summed E-state index contributed by atoms with van der Waals surface area (Å²) in [7, 11) is 1.18. The number of carbonyl (C=O) groups excluding carboxylic acids is 2. The molecule has 0 aliphatic heterocycles. The lowest BCUT2D eigenvalue weighted by atomic mass is 10.0. The van der Waals surface area contributed by atoms with Crippen molar-refractivity contribution in [2.75, 3.05) is 40.9 Å². The van der Waals surface area contributed by atoms with Gasteiger partial charge in [0.05, 0.1) is 33.8 Å². The molecule has 0 rings (SSSR count). The van der Waals surface area contributed by atoms with Gasteiger partial charge in [0.25, 0.3) is 7.82 Å². The molecule has 3 atom stereocenters. The number of hydrogen-bond donors (Lipinski definition) is 1. The van der Waals surface area contributed by atoms with Crippen LogP contribution in [0.15, 0.2) is 48.6 Å². The summed E-state index contributed by atoms with van der Waals surface area (Å²) in [6.45, 7) is 6.81. The molecule has 0 fully saturated rings. The summed E-state index contributed by atoms with van der Waals surface area (Å²) in [6.07, 6.45) is 60.7. The maximum atomic E-state index is 13.5. The van der Waals surface area contributed by atoms with Crippen LogP contribution < -0.4 is 10.2 Å². The molecular weight excluding hydrogens is 892 g/mol. The van der Waals surface area contributed by atoms with E-state index in [1.54, 1.807) is 0 Å². The smallest absolute Gasteiger partial charge is 0.306 e. The number of phosphoric acid groups is 1. The highest BCUT2D eigenvalue weighted by Crippen LogP contribution is 2.38. The van der Waals surface area contributed by atoms with E-state index in [4.69, 9.17) is 13.8 Å². The maximum absolute atomic E-state index is 13.5. The number of nitrogens with one attached hydrogen (secondary N) is 1. The largest absolute Gasteiger partial charge is 0.756 e. The van der Waals surface area contributed by atoms with Crippen molar-refractivity contribution < 1.29 is 37.3 Å². The lowest BCUT2D eigenvalue weighted by Crippen LogP contribution is -2.47. The van der Waals surface area contributed by atoms with Crippen LogP contribution in [-0.2, 0) is 27.9 Å². The van der Waals surface area contributed by atoms with Crippen molar-refractivity contribution in [3.8, 4) is 0 Å². The van der Waals surface area contributed by atoms with E-state index in [0.29, 0.717) is 23.9 Å². The normalized spacial score (nSPS) is 14.1. The van der Waals surface area contributed by atoms with Crippen molar-refractivity contribution >= 4 is 19.7 Å². The molecule has 0 aliphatic carbocycles. The zero-order valence-corrected chi connectivity index (χ0v) is 47.6. The number of amides is 1. The second-order valence-corrected chi connectivity index (χ2v) is 22.6. The van der Waals surface area contributed by atoms with Crippen molar-refractivity contribution in [1.82, 2.24) is 5.32 Å². The number of likely N-dealkylation sites (N-methyl/N-ethyl adjacent to an activating group) is 1.